The van der Waals surface area contributed by atoms with Gasteiger partial charge in [-0.05, 0) is 68.5 Å². The molecular weight excluding hydrogens is 234 g/mol. The molecule has 0 aromatic carbocycles. The maximum absolute atomic E-state index is 5.57. The highest BCUT2D eigenvalue weighted by Crippen LogP contribution is 2.39. The van der Waals surface area contributed by atoms with E-state index in [0.717, 1.165) is 36.4 Å². The minimum absolute atomic E-state index is 0.490. The average molecular weight is 263 g/mol. The van der Waals surface area contributed by atoms with Crippen LogP contribution in [-0.4, -0.2) is 6.54 Å². The number of hydrogen-bond donors (Lipinski definition) is 1. The predicted molar refractivity (Wildman–Crippen MR) is 80.1 cm³/mol. The number of nitrogens with one attached hydrogen (secondary N) is 1. The molecule has 0 spiro atoms. The average Bonchev–Trinajstić information content (AvgIpc) is 2.75. The normalized spacial score (nSPS) is 24.6. The molecular formula is C17H29NO. The third-order valence-corrected chi connectivity index (χ3v) is 4.60. The summed E-state index contributed by atoms with van der Waals surface area (Å²) in [6, 6.07) is 4.10. The first-order chi connectivity index (χ1) is 8.95. The molecule has 0 aliphatic heterocycles. The van der Waals surface area contributed by atoms with Crippen LogP contribution in [-0.2, 0) is 6.54 Å². The molecule has 0 atom stereocenters. The number of furan rings is 1. The van der Waals surface area contributed by atoms with E-state index in [4.69, 9.17) is 4.42 Å². The highest BCUT2D eigenvalue weighted by molar-refractivity contribution is 5.05. The van der Waals surface area contributed by atoms with E-state index in [1.165, 1.54) is 25.7 Å². The lowest BCUT2D eigenvalue weighted by atomic mass is 9.70. The van der Waals surface area contributed by atoms with Crippen LogP contribution in [0.15, 0.2) is 16.5 Å². The molecule has 1 aliphatic carbocycles. The number of hydrogen-bond acceptors (Lipinski definition) is 2. The Morgan fingerprint density at radius 2 is 1.84 bits per heavy atom. The molecule has 1 saturated carbocycles. The van der Waals surface area contributed by atoms with Gasteiger partial charge in [0.2, 0.25) is 0 Å². The molecule has 108 valence electrons. The number of aryl methyl sites for hydroxylation is 1. The van der Waals surface area contributed by atoms with E-state index in [0.29, 0.717) is 5.41 Å². The van der Waals surface area contributed by atoms with Crippen molar-refractivity contribution in [1.29, 1.82) is 0 Å². The zero-order valence-corrected chi connectivity index (χ0v) is 13.0. The topological polar surface area (TPSA) is 25.2 Å². The second-order valence-electron chi connectivity index (χ2n) is 7.23. The van der Waals surface area contributed by atoms with Gasteiger partial charge >= 0.3 is 0 Å². The highest BCUT2D eigenvalue weighted by atomic mass is 16.3. The van der Waals surface area contributed by atoms with Gasteiger partial charge in [-0.15, -0.1) is 0 Å². The molecule has 1 aromatic heterocycles. The number of rotatable bonds is 4. The van der Waals surface area contributed by atoms with Crippen LogP contribution in [0.1, 0.15) is 58.0 Å². The smallest absolute Gasteiger partial charge is 0.117 e. The van der Waals surface area contributed by atoms with Gasteiger partial charge in [0.15, 0.2) is 0 Å². The van der Waals surface area contributed by atoms with Gasteiger partial charge in [0.25, 0.3) is 0 Å². The van der Waals surface area contributed by atoms with Crippen molar-refractivity contribution in [3.63, 3.8) is 0 Å². The van der Waals surface area contributed by atoms with Gasteiger partial charge in [-0.25, -0.2) is 0 Å². The molecule has 1 heterocycles. The lowest BCUT2D eigenvalue weighted by Gasteiger charge is -2.37. The van der Waals surface area contributed by atoms with E-state index in [1.807, 2.05) is 13.0 Å². The van der Waals surface area contributed by atoms with Crippen LogP contribution in [0.2, 0.25) is 0 Å². The fourth-order valence-corrected chi connectivity index (χ4v) is 3.21. The first-order valence-electron chi connectivity index (χ1n) is 7.71. The Morgan fingerprint density at radius 1 is 1.16 bits per heavy atom. The van der Waals surface area contributed by atoms with Crippen LogP contribution >= 0.6 is 0 Å². The van der Waals surface area contributed by atoms with Crippen LogP contribution in [0.3, 0.4) is 0 Å². The van der Waals surface area contributed by atoms with E-state index in [2.05, 4.69) is 32.2 Å². The zero-order valence-electron chi connectivity index (χ0n) is 13.0. The maximum Gasteiger partial charge on any atom is 0.117 e. The van der Waals surface area contributed by atoms with Gasteiger partial charge in [-0.1, -0.05) is 20.8 Å². The molecule has 0 unspecified atom stereocenters. The van der Waals surface area contributed by atoms with E-state index in [9.17, 15) is 0 Å². The Labute approximate surface area is 118 Å². The third kappa shape index (κ3) is 4.38. The van der Waals surface area contributed by atoms with Crippen molar-refractivity contribution in [3.8, 4) is 0 Å². The van der Waals surface area contributed by atoms with Crippen molar-refractivity contribution in [3.05, 3.63) is 23.7 Å². The Morgan fingerprint density at radius 3 is 2.37 bits per heavy atom. The van der Waals surface area contributed by atoms with E-state index in [-0.39, 0.29) is 0 Å². The molecule has 1 aliphatic rings. The zero-order chi connectivity index (χ0) is 13.9. The first-order valence-corrected chi connectivity index (χ1v) is 7.71. The van der Waals surface area contributed by atoms with Gasteiger partial charge in [0, 0.05) is 0 Å². The van der Waals surface area contributed by atoms with Gasteiger partial charge in [0.1, 0.15) is 11.5 Å². The van der Waals surface area contributed by atoms with Crippen LogP contribution in [0.5, 0.6) is 0 Å². The molecule has 19 heavy (non-hydrogen) atoms. The Kier molecular flexibility index (Phi) is 4.72. The quantitative estimate of drug-likeness (QED) is 0.863. The monoisotopic (exact) mass is 263 g/mol. The maximum atomic E-state index is 5.57. The Bertz CT molecular complexity index is 380. The summed E-state index contributed by atoms with van der Waals surface area (Å²) in [5.74, 6) is 3.83. The second-order valence-corrected chi connectivity index (χ2v) is 7.23. The summed E-state index contributed by atoms with van der Waals surface area (Å²) in [7, 11) is 0. The largest absolute Gasteiger partial charge is 0.465 e. The van der Waals surface area contributed by atoms with Crippen molar-refractivity contribution in [2.24, 2.45) is 17.3 Å². The molecule has 2 nitrogen and oxygen atoms in total. The van der Waals surface area contributed by atoms with Gasteiger partial charge < -0.3 is 9.73 Å². The van der Waals surface area contributed by atoms with Crippen LogP contribution in [0, 0.1) is 24.2 Å². The van der Waals surface area contributed by atoms with Crippen molar-refractivity contribution in [1.82, 2.24) is 5.32 Å². The summed E-state index contributed by atoms with van der Waals surface area (Å²) < 4.78 is 5.57. The molecule has 0 amide bonds. The van der Waals surface area contributed by atoms with Crippen molar-refractivity contribution < 1.29 is 4.42 Å². The minimum Gasteiger partial charge on any atom is -0.465 e. The molecule has 1 N–H and O–H groups in total. The molecule has 2 heteroatoms. The van der Waals surface area contributed by atoms with Crippen LogP contribution in [0.25, 0.3) is 0 Å². The summed E-state index contributed by atoms with van der Waals surface area (Å²) in [6.07, 6.45) is 5.56. The van der Waals surface area contributed by atoms with Crippen LogP contribution in [0.4, 0.5) is 0 Å². The molecule has 2 rings (SSSR count). The predicted octanol–water partition coefficient (Wildman–Crippen LogP) is 4.53. The lowest BCUT2D eigenvalue weighted by molar-refractivity contribution is 0.148. The van der Waals surface area contributed by atoms with Crippen molar-refractivity contribution in [2.45, 2.75) is 59.9 Å². The van der Waals surface area contributed by atoms with Crippen LogP contribution < -0.4 is 5.32 Å². The highest BCUT2D eigenvalue weighted by Gasteiger charge is 2.29. The first kappa shape index (κ1) is 14.6. The lowest BCUT2D eigenvalue weighted by Crippen LogP contribution is -2.30. The summed E-state index contributed by atoms with van der Waals surface area (Å²) >= 11 is 0. The third-order valence-electron chi connectivity index (χ3n) is 4.60. The summed E-state index contributed by atoms with van der Waals surface area (Å²) in [4.78, 5) is 0. The summed E-state index contributed by atoms with van der Waals surface area (Å²) in [6.45, 7) is 11.2. The Balaban J connectivity index is 1.66. The van der Waals surface area contributed by atoms with Gasteiger partial charge in [-0.2, -0.15) is 0 Å². The molecule has 0 bridgehead atoms. The van der Waals surface area contributed by atoms with Gasteiger partial charge in [-0.3, -0.25) is 0 Å². The fourth-order valence-electron chi connectivity index (χ4n) is 3.21. The van der Waals surface area contributed by atoms with Crippen molar-refractivity contribution >= 4 is 0 Å². The van der Waals surface area contributed by atoms with Crippen molar-refractivity contribution in [2.75, 3.05) is 6.54 Å². The molecule has 1 aromatic rings. The summed E-state index contributed by atoms with van der Waals surface area (Å²) in [5.41, 5.74) is 0.490. The SMILES string of the molecule is Cc1ccc(CNCC2CCC(C(C)(C)C)CC2)o1. The van der Waals surface area contributed by atoms with E-state index < -0.39 is 0 Å². The van der Waals surface area contributed by atoms with E-state index in [1.54, 1.807) is 0 Å². The van der Waals surface area contributed by atoms with Gasteiger partial charge in [0.05, 0.1) is 6.54 Å². The minimum atomic E-state index is 0.490. The van der Waals surface area contributed by atoms with E-state index >= 15 is 0 Å². The molecule has 0 saturated heterocycles. The molecule has 1 fully saturated rings. The standard InChI is InChI=1S/C17H29NO/c1-13-5-10-16(19-13)12-18-11-14-6-8-15(9-7-14)17(2,3)4/h5,10,14-15,18H,6-9,11-12H2,1-4H3. The second kappa shape index (κ2) is 6.13. The summed E-state index contributed by atoms with van der Waals surface area (Å²) in [5, 5.41) is 3.54. The fraction of sp³-hybridized carbons (Fsp3) is 0.765. The molecule has 0 radical (unpaired) electrons. The Hall–Kier alpha value is -0.760.